The molecule has 0 saturated heterocycles. The molecule has 2 aromatic rings. The van der Waals surface area contributed by atoms with Crippen molar-refractivity contribution in [3.63, 3.8) is 0 Å². The van der Waals surface area contributed by atoms with E-state index in [0.29, 0.717) is 5.75 Å². The van der Waals surface area contributed by atoms with Crippen LogP contribution in [0.3, 0.4) is 0 Å². The predicted octanol–water partition coefficient (Wildman–Crippen LogP) is 1.38. The summed E-state index contributed by atoms with van der Waals surface area (Å²) in [5, 5.41) is 2.12. The van der Waals surface area contributed by atoms with Crippen molar-refractivity contribution in [1.82, 2.24) is 5.32 Å². The average Bonchev–Trinajstić information content (AvgIpc) is 2.82. The van der Waals surface area contributed by atoms with Crippen LogP contribution in [0, 0.1) is 0 Å². The van der Waals surface area contributed by atoms with E-state index in [1.165, 1.54) is 25.3 Å². The average molecular weight is 332 g/mol. The highest BCUT2D eigenvalue weighted by molar-refractivity contribution is 7.92. The van der Waals surface area contributed by atoms with Crippen molar-refractivity contribution in [3.8, 4) is 5.75 Å². The van der Waals surface area contributed by atoms with Gasteiger partial charge in [-0.25, -0.2) is 8.42 Å². The zero-order valence-corrected chi connectivity index (χ0v) is 12.8. The molecular formula is C15H12N2O5S. The minimum Gasteiger partial charge on any atom is -0.495 e. The SMILES string of the molecule is COc1ccccc1NS(=O)(=O)c1ccc2c(c1)C(=O)NC2=O. The van der Waals surface area contributed by atoms with E-state index in [4.69, 9.17) is 4.74 Å². The van der Waals surface area contributed by atoms with Gasteiger partial charge in [-0.15, -0.1) is 0 Å². The summed E-state index contributed by atoms with van der Waals surface area (Å²) in [6.45, 7) is 0. The number of ether oxygens (including phenoxy) is 1. The van der Waals surface area contributed by atoms with E-state index in [2.05, 4.69) is 10.0 Å². The van der Waals surface area contributed by atoms with Crippen molar-refractivity contribution in [2.24, 2.45) is 0 Å². The van der Waals surface area contributed by atoms with Gasteiger partial charge >= 0.3 is 0 Å². The normalized spacial score (nSPS) is 13.4. The Morgan fingerprint density at radius 1 is 1.00 bits per heavy atom. The fraction of sp³-hybridized carbons (Fsp3) is 0.0667. The Balaban J connectivity index is 2.00. The van der Waals surface area contributed by atoms with Crippen LogP contribution < -0.4 is 14.8 Å². The molecule has 8 heteroatoms. The van der Waals surface area contributed by atoms with Crippen LogP contribution in [0.15, 0.2) is 47.4 Å². The summed E-state index contributed by atoms with van der Waals surface area (Å²) in [6.07, 6.45) is 0. The summed E-state index contributed by atoms with van der Waals surface area (Å²) in [7, 11) is -2.50. The maximum Gasteiger partial charge on any atom is 0.262 e. The molecule has 0 atom stereocenters. The van der Waals surface area contributed by atoms with Crippen LogP contribution >= 0.6 is 0 Å². The van der Waals surface area contributed by atoms with Gasteiger partial charge in [-0.05, 0) is 30.3 Å². The Labute approximate surface area is 132 Å². The third-order valence-corrected chi connectivity index (χ3v) is 4.73. The first-order chi connectivity index (χ1) is 10.9. The van der Waals surface area contributed by atoms with Crippen LogP contribution in [0.5, 0.6) is 5.75 Å². The highest BCUT2D eigenvalue weighted by atomic mass is 32.2. The Kier molecular flexibility index (Phi) is 3.53. The van der Waals surface area contributed by atoms with E-state index in [1.54, 1.807) is 24.3 Å². The van der Waals surface area contributed by atoms with Gasteiger partial charge in [0.25, 0.3) is 21.8 Å². The number of carbonyl (C=O) groups is 2. The van der Waals surface area contributed by atoms with Crippen molar-refractivity contribution >= 4 is 27.5 Å². The molecule has 0 radical (unpaired) electrons. The van der Waals surface area contributed by atoms with Crippen molar-refractivity contribution in [2.45, 2.75) is 4.90 Å². The Morgan fingerprint density at radius 2 is 1.70 bits per heavy atom. The first-order valence-corrected chi connectivity index (χ1v) is 8.06. The minimum atomic E-state index is -3.93. The molecule has 2 N–H and O–H groups in total. The molecule has 0 aliphatic carbocycles. The smallest absolute Gasteiger partial charge is 0.262 e. The lowest BCUT2D eigenvalue weighted by atomic mass is 10.1. The van der Waals surface area contributed by atoms with Gasteiger partial charge in [0, 0.05) is 0 Å². The zero-order chi connectivity index (χ0) is 16.6. The van der Waals surface area contributed by atoms with Gasteiger partial charge in [0.2, 0.25) is 0 Å². The fourth-order valence-corrected chi connectivity index (χ4v) is 3.34. The van der Waals surface area contributed by atoms with Crippen LogP contribution in [-0.2, 0) is 10.0 Å². The van der Waals surface area contributed by atoms with Gasteiger partial charge in [-0.3, -0.25) is 19.6 Å². The van der Waals surface area contributed by atoms with E-state index in [9.17, 15) is 18.0 Å². The molecular weight excluding hydrogens is 320 g/mol. The van der Waals surface area contributed by atoms with Crippen molar-refractivity contribution in [3.05, 3.63) is 53.6 Å². The molecule has 1 aliphatic heterocycles. The number of nitrogens with one attached hydrogen (secondary N) is 2. The monoisotopic (exact) mass is 332 g/mol. The van der Waals surface area contributed by atoms with Crippen molar-refractivity contribution in [2.75, 3.05) is 11.8 Å². The number of hydrogen-bond donors (Lipinski definition) is 2. The third-order valence-electron chi connectivity index (χ3n) is 3.37. The quantitative estimate of drug-likeness (QED) is 0.824. The molecule has 1 aliphatic rings. The summed E-state index contributed by atoms with van der Waals surface area (Å²) in [5.74, 6) is -0.781. The van der Waals surface area contributed by atoms with Gasteiger partial charge < -0.3 is 4.74 Å². The van der Waals surface area contributed by atoms with Gasteiger partial charge in [-0.1, -0.05) is 12.1 Å². The second kappa shape index (κ2) is 5.40. The van der Waals surface area contributed by atoms with Crippen LogP contribution in [0.1, 0.15) is 20.7 Å². The molecule has 0 saturated carbocycles. The van der Waals surface area contributed by atoms with E-state index >= 15 is 0 Å². The van der Waals surface area contributed by atoms with E-state index in [0.717, 1.165) is 0 Å². The first-order valence-electron chi connectivity index (χ1n) is 6.58. The van der Waals surface area contributed by atoms with Crippen LogP contribution in [0.4, 0.5) is 5.69 Å². The van der Waals surface area contributed by atoms with E-state index in [-0.39, 0.29) is 21.7 Å². The molecule has 2 amide bonds. The largest absolute Gasteiger partial charge is 0.495 e. The standard InChI is InChI=1S/C15H12N2O5S/c1-22-13-5-3-2-4-12(13)17-23(20,21)9-6-7-10-11(8-9)15(19)16-14(10)18/h2-8,17H,1H3,(H,16,18,19). The fourth-order valence-electron chi connectivity index (χ4n) is 2.25. The minimum absolute atomic E-state index is 0.0397. The number of imide groups is 1. The number of hydrogen-bond acceptors (Lipinski definition) is 5. The number of fused-ring (bicyclic) bond motifs is 1. The predicted molar refractivity (Wildman–Crippen MR) is 82.0 cm³/mol. The van der Waals surface area contributed by atoms with Crippen molar-refractivity contribution < 1.29 is 22.7 Å². The number of sulfonamides is 1. The van der Waals surface area contributed by atoms with Crippen molar-refractivity contribution in [1.29, 1.82) is 0 Å². The van der Waals surface area contributed by atoms with Crippen LogP contribution in [0.2, 0.25) is 0 Å². The van der Waals surface area contributed by atoms with Gasteiger partial charge in [0.15, 0.2) is 0 Å². The van der Waals surface area contributed by atoms with E-state index in [1.807, 2.05) is 0 Å². The molecule has 0 aromatic heterocycles. The number of benzene rings is 2. The topological polar surface area (TPSA) is 102 Å². The van der Waals surface area contributed by atoms with Crippen LogP contribution in [0.25, 0.3) is 0 Å². The lowest BCUT2D eigenvalue weighted by Gasteiger charge is -2.12. The van der Waals surface area contributed by atoms with E-state index < -0.39 is 21.8 Å². The van der Waals surface area contributed by atoms with Gasteiger partial charge in [0.1, 0.15) is 5.75 Å². The summed E-state index contributed by atoms with van der Waals surface area (Å²) >= 11 is 0. The highest BCUT2D eigenvalue weighted by Crippen LogP contribution is 2.27. The third kappa shape index (κ3) is 2.64. The first kappa shape index (κ1) is 15.0. The molecule has 23 heavy (non-hydrogen) atoms. The van der Waals surface area contributed by atoms with Gasteiger partial charge in [0.05, 0.1) is 28.8 Å². The number of methoxy groups -OCH3 is 1. The second-order valence-electron chi connectivity index (χ2n) is 4.80. The molecule has 2 aromatic carbocycles. The summed E-state index contributed by atoms with van der Waals surface area (Å²) < 4.78 is 32.4. The lowest BCUT2D eigenvalue weighted by Crippen LogP contribution is -2.20. The maximum atomic E-state index is 12.5. The lowest BCUT2D eigenvalue weighted by molar-refractivity contribution is 0.0879. The molecule has 0 spiro atoms. The van der Waals surface area contributed by atoms with Crippen LogP contribution in [-0.4, -0.2) is 27.3 Å². The molecule has 118 valence electrons. The molecule has 3 rings (SSSR count). The second-order valence-corrected chi connectivity index (χ2v) is 6.48. The number of anilines is 1. The molecule has 0 unspecified atom stereocenters. The summed E-state index contributed by atoms with van der Waals surface area (Å²) in [5.41, 5.74) is 0.472. The summed E-state index contributed by atoms with van der Waals surface area (Å²) in [6, 6.07) is 10.3. The molecule has 7 nitrogen and oxygen atoms in total. The number of rotatable bonds is 4. The Hall–Kier alpha value is -2.87. The zero-order valence-electron chi connectivity index (χ0n) is 12.0. The number of carbonyl (C=O) groups excluding carboxylic acids is 2. The highest BCUT2D eigenvalue weighted by Gasteiger charge is 2.29. The molecule has 1 heterocycles. The molecule has 0 bridgehead atoms. The molecule has 0 fully saturated rings. The number of amides is 2. The summed E-state index contributed by atoms with van der Waals surface area (Å²) in [4.78, 5) is 23.0. The Morgan fingerprint density at radius 3 is 2.43 bits per heavy atom. The maximum absolute atomic E-state index is 12.5. The van der Waals surface area contributed by atoms with Gasteiger partial charge in [-0.2, -0.15) is 0 Å². The Bertz CT molecular complexity index is 921. The number of para-hydroxylation sites is 2.